The molecule has 149 heavy (non-hydrogen) atoms. The first kappa shape index (κ1) is 124. The monoisotopic (exact) mass is 2310 g/mol. The van der Waals surface area contributed by atoms with Crippen LogP contribution in [-0.4, -0.2) is 195 Å². The second-order valence-corrected chi connectivity index (χ2v) is 50.7. The Morgan fingerprint density at radius 1 is 0.396 bits per heavy atom. The number of primary amides is 2. The number of unbranched alkanes of at least 4 members (excludes halogenated alkanes) is 3. The summed E-state index contributed by atoms with van der Waals surface area (Å²) in [4.78, 5) is 112. The van der Waals surface area contributed by atoms with E-state index >= 15 is 0 Å². The molecule has 14 rings (SSSR count). The van der Waals surface area contributed by atoms with E-state index in [1.807, 2.05) is 91.1 Å². The van der Waals surface area contributed by atoms with Crippen molar-refractivity contribution in [3.8, 4) is 84.5 Å². The number of aryl methyl sites for hydroxylation is 5. The molecule has 0 saturated heterocycles. The molecule has 8 N–H and O–H groups in total. The predicted octanol–water partition coefficient (Wildman–Crippen LogP) is 17.0. The van der Waals surface area contributed by atoms with Crippen molar-refractivity contribution < 1.29 is 175 Å². The van der Waals surface area contributed by atoms with Crippen molar-refractivity contribution in [2.45, 2.75) is 124 Å². The Morgan fingerprint density at radius 2 is 0.711 bits per heavy atom. The number of methoxy groups -OCH3 is 4. The summed E-state index contributed by atoms with van der Waals surface area (Å²) in [6.07, 6.45) is 14.6. The number of benzene rings is 5. The van der Waals surface area contributed by atoms with E-state index in [-0.39, 0.29) is 80.3 Å². The summed E-state index contributed by atoms with van der Waals surface area (Å²) in [5.74, 6) is -5.07. The van der Waals surface area contributed by atoms with E-state index in [1.165, 1.54) is 122 Å². The maximum Gasteiger partial charge on any atom is 1.00 e. The van der Waals surface area contributed by atoms with E-state index in [9.17, 15) is 114 Å². The number of halogens is 10. The van der Waals surface area contributed by atoms with Crippen LogP contribution in [0, 0.1) is 34.6 Å². The second kappa shape index (κ2) is 55.0. The molecule has 0 spiro atoms. The molecule has 0 aliphatic heterocycles. The molecule has 5 aromatic carbocycles. The molecule has 0 saturated carbocycles. The van der Waals surface area contributed by atoms with Gasteiger partial charge in [0.1, 0.15) is 34.2 Å². The number of aromatic nitrogens is 9. The van der Waals surface area contributed by atoms with Crippen LogP contribution in [0.1, 0.15) is 161 Å². The number of pyridine rings is 7. The number of phenolic OH excluding ortho intramolecular Hbond substituents is 2. The van der Waals surface area contributed by atoms with Crippen LogP contribution in [0.3, 0.4) is 0 Å². The number of amides is 2. The quantitative estimate of drug-likeness (QED) is 0.00797. The van der Waals surface area contributed by atoms with Crippen molar-refractivity contribution in [2.24, 2.45) is 11.5 Å². The SMILES string of the molecule is CCC[CH2][Sn]([CH2]CCC)([CH2]CCC)[c]1cccc(C)n1.COC(=O)c1ccc(-c2cccc(C)n2)c(-c2ccc3ncc(C(N)=O)n3c2)c1.COC(=O)c1ccc(-c2cccc(C)n2)c(O)c1.COC(=O)c1ccc(-c2cccc(C)n2)c(OS(=O)(=O)C(F)(F)F)c1.COC(=O)c1ccc(Br)c(O)c1.Cc1cccc(-c2ccc(C(=O)O)cc2-c2ccc3ncc(C(N)=O)n3c2)n1.O=S(=O)(OS(=O)(=O)C(F)(F)F)C(F)(F)F.[Na+].[OH-]. The summed E-state index contributed by atoms with van der Waals surface area (Å²) >= 11 is 0.849. The summed E-state index contributed by atoms with van der Waals surface area (Å²) in [6.45, 7) is 16.5. The third-order valence-electron chi connectivity index (χ3n) is 21.4. The molecule has 786 valence electrons. The van der Waals surface area contributed by atoms with Gasteiger partial charge in [0.25, 0.3) is 11.8 Å². The Bertz CT molecular complexity index is 7460. The Balaban J connectivity index is 0.000000269. The van der Waals surface area contributed by atoms with Gasteiger partial charge in [-0.1, -0.05) is 36.4 Å². The number of nitrogens with two attached hydrogens (primary N) is 2. The van der Waals surface area contributed by atoms with Gasteiger partial charge in [0, 0.05) is 57.4 Å². The third-order valence-corrected chi connectivity index (χ3v) is 40.7. The Morgan fingerprint density at radius 3 is 1.05 bits per heavy atom. The van der Waals surface area contributed by atoms with Gasteiger partial charge in [0.05, 0.1) is 95.9 Å². The zero-order valence-electron chi connectivity index (χ0n) is 82.0. The number of aromatic carboxylic acids is 1. The smallest absolute Gasteiger partial charge is 0.870 e. The van der Waals surface area contributed by atoms with Crippen LogP contribution >= 0.6 is 15.9 Å². The van der Waals surface area contributed by atoms with E-state index < -0.39 is 113 Å². The summed E-state index contributed by atoms with van der Waals surface area (Å²) in [5, 5.41) is 28.5. The topological polar surface area (TPSA) is 519 Å². The molecule has 2 amide bonds. The zero-order chi connectivity index (χ0) is 109. The van der Waals surface area contributed by atoms with E-state index in [2.05, 4.69) is 110 Å². The summed E-state index contributed by atoms with van der Waals surface area (Å²) in [5.41, 5.74) is 7.38. The molecule has 14 aromatic rings. The van der Waals surface area contributed by atoms with Crippen LogP contribution < -0.4 is 48.9 Å². The molecule has 0 fully saturated rings. The van der Waals surface area contributed by atoms with Crippen LogP contribution in [0.5, 0.6) is 17.2 Å². The minimum absolute atomic E-state index is 0. The van der Waals surface area contributed by atoms with Crippen LogP contribution in [-0.2, 0) is 52.9 Å². The fourth-order valence-corrected chi connectivity index (χ4v) is 32.0. The number of esters is 4. The number of nitrogens with zero attached hydrogens (tertiary/aromatic N) is 9. The van der Waals surface area contributed by atoms with Gasteiger partial charge >= 0.3 is 237 Å². The molecule has 9 aromatic heterocycles. The van der Waals surface area contributed by atoms with Crippen LogP contribution in [0.2, 0.25) is 13.3 Å². The number of ether oxygens (including phenoxy) is 4. The van der Waals surface area contributed by atoms with Crippen LogP contribution in [0.4, 0.5) is 39.5 Å². The fraction of sp³-hybridized carbons (Fsp3) is 0.240. The normalized spacial score (nSPS) is 11.3. The molecule has 49 heteroatoms. The number of imidazole rings is 2. The molecule has 0 atom stereocenters. The number of carbonyl (C=O) groups excluding carboxylic acids is 6. The predicted molar refractivity (Wildman–Crippen MR) is 535 cm³/mol. The summed E-state index contributed by atoms with van der Waals surface area (Å²) in [7, 11) is -14.6. The molecule has 34 nitrogen and oxygen atoms in total. The van der Waals surface area contributed by atoms with E-state index in [1.54, 1.807) is 117 Å². The number of alkyl halides is 9. The van der Waals surface area contributed by atoms with Gasteiger partial charge in [-0.3, -0.25) is 38.3 Å². The van der Waals surface area contributed by atoms with Gasteiger partial charge in [-0.25, -0.2) is 33.9 Å². The minimum Gasteiger partial charge on any atom is -0.870 e. The van der Waals surface area contributed by atoms with Gasteiger partial charge in [0.15, 0.2) is 5.75 Å². The number of carboxylic acids is 1. The maximum atomic E-state index is 12.6. The standard InChI is InChI=1S/C22H18N4O3.C21H16N4O3.C15H12F3NO5S.C14H13NO3.C8H7BrO3.C6H6N.3C4H9.C2F6O5S2.Na.H2O.Sn/c1-13-4-3-5-18(25-13)16-8-6-14(22(28)29-2)10-17(16)15-7-9-20-24-11-19(21(23)27)26(20)12-15;1-12-3-2-4-17(24-12)15-7-5-13(21(27)28)9-16(15)14-6-8-19-23-10-18(20(22)26)25(19)11-14;1-9-4-3-5-12(19-9)11-7-6-10(14(20)23-2)8-13(11)24-25(21,22)15(16,17)18;1-9-4-3-5-12(15-9)11-7-6-10(8-13(11)16)14(17)18-2;1-12-8(11)5-2-3-6(9)7(10)4-5;1-6-4-2-3-5-7-6;3*1-3-4-2;3-1(4,5)14(9,10)13-15(11,12)2(6,7)8;;;/h3-12H,1-2H3,(H2,23,27);2-11H,1H3,(H2,22,26)(H,27,28);3-8H,1-2H3;3-8,16H,1-2H3;2-4,10H,1H3;2-4H,1H3;3*1,3-4H2,2H3;;;1H2;/q;;;;;;;;;;+1;;/p-1. The number of aromatic hydroxyl groups is 2. The largest absolute Gasteiger partial charge is 1.00 e. The first-order valence-electron chi connectivity index (χ1n) is 44.0. The van der Waals surface area contributed by atoms with Gasteiger partial charge in [-0.15, -0.1) is 3.63 Å². The fourth-order valence-electron chi connectivity index (χ4n) is 14.1. The molecule has 0 aliphatic rings. The number of hydrogen-bond donors (Lipinski definition) is 5. The summed E-state index contributed by atoms with van der Waals surface area (Å²) in [6, 6.07) is 58.4. The van der Waals surface area contributed by atoms with Crippen LogP contribution in [0.15, 0.2) is 236 Å². The van der Waals surface area contributed by atoms with Crippen molar-refractivity contribution in [1.82, 2.24) is 43.7 Å². The molecular weight excluding hydrogens is 2210 g/mol. The van der Waals surface area contributed by atoms with E-state index in [0.717, 1.165) is 69.5 Å². The number of phenols is 2. The zero-order valence-corrected chi connectivity index (χ0v) is 90.9. The molecule has 0 aliphatic carbocycles. The molecule has 0 unspecified atom stereocenters. The molecular formula is C100H100BrF9N11NaO23S3Sn. The Hall–Kier alpha value is -13.7. The van der Waals surface area contributed by atoms with Gasteiger partial charge in [0.2, 0.25) is 0 Å². The Kier molecular flexibility index (Phi) is 45.8. The van der Waals surface area contributed by atoms with Crippen molar-refractivity contribution in [3.63, 3.8) is 0 Å². The van der Waals surface area contributed by atoms with Crippen molar-refractivity contribution in [3.05, 3.63) is 303 Å². The number of hydrogen-bond acceptors (Lipinski definition) is 29. The van der Waals surface area contributed by atoms with Gasteiger partial charge in [-0.2, -0.15) is 64.8 Å². The average molecular weight is 2310 g/mol. The van der Waals surface area contributed by atoms with Gasteiger partial charge in [-0.05, 0) is 218 Å². The molecule has 0 radical (unpaired) electrons. The number of carbonyl (C=O) groups is 7. The van der Waals surface area contributed by atoms with E-state index in [4.69, 9.17) is 21.2 Å². The van der Waals surface area contributed by atoms with E-state index in [0.29, 0.717) is 55.0 Å². The first-order chi connectivity index (χ1) is 69.1. The number of fused-ring (bicyclic) bond motifs is 2. The first-order valence-corrected chi connectivity index (χ1v) is 56.5. The maximum absolute atomic E-state index is 12.6. The van der Waals surface area contributed by atoms with Crippen molar-refractivity contribution in [1.29, 1.82) is 0 Å². The Labute approximate surface area is 884 Å². The van der Waals surface area contributed by atoms with Gasteiger partial charge < -0.3 is 55.4 Å². The third kappa shape index (κ3) is 33.7. The second-order valence-electron chi connectivity index (χ2n) is 32.0. The van der Waals surface area contributed by atoms with Crippen LogP contribution in [0.25, 0.3) is 78.6 Å². The van der Waals surface area contributed by atoms with Crippen molar-refractivity contribution >= 4 is 121 Å². The van der Waals surface area contributed by atoms with Crippen molar-refractivity contribution in [2.75, 3.05) is 28.4 Å². The molecule has 0 bridgehead atoms. The minimum atomic E-state index is -6.85. The average Bonchev–Trinajstić information content (AvgIpc) is 1.73. The molecule has 9 heterocycles. The number of carboxylic acid groups (broad SMARTS) is 1. The number of rotatable bonds is 27. The summed E-state index contributed by atoms with van der Waals surface area (Å²) < 4.78 is 203.